The molecule has 5 unspecified atom stereocenters. The van der Waals surface area contributed by atoms with Crippen LogP contribution in [0.4, 0.5) is 0 Å². The number of phosphoric ester groups is 2. The van der Waals surface area contributed by atoms with Gasteiger partial charge >= 0.3 is 33.6 Å². The predicted molar refractivity (Wildman–Crippen MR) is 408 cm³/mol. The summed E-state index contributed by atoms with van der Waals surface area (Å²) in [6.45, 7) is 2.37. The molecule has 0 aromatic heterocycles. The van der Waals surface area contributed by atoms with Gasteiger partial charge in [0.05, 0.1) is 26.4 Å². The lowest BCUT2D eigenvalue weighted by atomic mass is 10.1. The number of ether oxygens (including phenoxy) is 3. The summed E-state index contributed by atoms with van der Waals surface area (Å²) in [5, 5.41) is 20.6. The molecule has 0 fully saturated rings. The number of hydrogen-bond donors (Lipinski definition) is 4. The second-order valence-electron chi connectivity index (χ2n) is 24.7. The number of rotatable bonds is 70. The number of aliphatic hydroxyl groups excluding tert-OH is 2. The summed E-state index contributed by atoms with van der Waals surface area (Å²) < 4.78 is 61.0. The first kappa shape index (κ1) is 94.2. The number of aliphatic hydroxyl groups is 2. The first-order chi connectivity index (χ1) is 48.2. The first-order valence-corrected chi connectivity index (χ1v) is 40.8. The molecular weight excluding hydrogens is 1290 g/mol. The van der Waals surface area contributed by atoms with Crippen LogP contribution in [0.25, 0.3) is 0 Å². The minimum absolute atomic E-state index is 0.0859. The lowest BCUT2D eigenvalue weighted by Gasteiger charge is -2.21. The molecular formula is C81H134O16P2. The summed E-state index contributed by atoms with van der Waals surface area (Å²) in [6.07, 6.45) is 90.0. The summed E-state index contributed by atoms with van der Waals surface area (Å²) in [5.41, 5.74) is 0. The third kappa shape index (κ3) is 74.2. The van der Waals surface area contributed by atoms with E-state index in [-0.39, 0.29) is 19.3 Å². The van der Waals surface area contributed by atoms with Crippen LogP contribution in [0, 0.1) is 0 Å². The van der Waals surface area contributed by atoms with Crippen molar-refractivity contribution in [2.24, 2.45) is 0 Å². The maximum absolute atomic E-state index is 12.9. The van der Waals surface area contributed by atoms with E-state index in [0.29, 0.717) is 19.3 Å². The number of unbranched alkanes of at least 4 members (excludes halogenated alkanes) is 21. The molecule has 0 rings (SSSR count). The highest BCUT2D eigenvalue weighted by atomic mass is 31.2. The third-order valence-electron chi connectivity index (χ3n) is 15.2. The average Bonchev–Trinajstić information content (AvgIpc) is 1.37. The third-order valence-corrected chi connectivity index (χ3v) is 17.1. The number of phosphoric acid groups is 2. The topological polar surface area (TPSA) is 231 Å². The molecule has 4 N–H and O–H groups in total. The van der Waals surface area contributed by atoms with Gasteiger partial charge in [0.25, 0.3) is 0 Å². The van der Waals surface area contributed by atoms with Crippen LogP contribution < -0.4 is 0 Å². The molecule has 0 aliphatic heterocycles. The number of carbonyl (C=O) groups excluding carboxylic acids is 3. The summed E-state index contributed by atoms with van der Waals surface area (Å²) >= 11 is 0. The summed E-state index contributed by atoms with van der Waals surface area (Å²) in [4.78, 5) is 58.6. The van der Waals surface area contributed by atoms with Crippen LogP contribution in [0.3, 0.4) is 0 Å². The van der Waals surface area contributed by atoms with Gasteiger partial charge in [-0.3, -0.25) is 32.5 Å². The van der Waals surface area contributed by atoms with Crippen LogP contribution in [0.5, 0.6) is 0 Å². The summed E-state index contributed by atoms with van der Waals surface area (Å²) in [6, 6.07) is 0. The fraction of sp³-hybridized carbons (Fsp3) is 0.642. The quantitative estimate of drug-likeness (QED) is 0.0146. The van der Waals surface area contributed by atoms with Crippen molar-refractivity contribution in [2.45, 2.75) is 296 Å². The Hall–Kier alpha value is -4.83. The molecule has 0 aromatic carbocycles. The molecule has 564 valence electrons. The van der Waals surface area contributed by atoms with Crippen molar-refractivity contribution in [1.82, 2.24) is 0 Å². The molecule has 5 atom stereocenters. The van der Waals surface area contributed by atoms with Gasteiger partial charge in [0.2, 0.25) is 0 Å². The zero-order valence-corrected chi connectivity index (χ0v) is 63.1. The molecule has 99 heavy (non-hydrogen) atoms. The highest BCUT2D eigenvalue weighted by molar-refractivity contribution is 7.47. The molecule has 0 saturated heterocycles. The van der Waals surface area contributed by atoms with Crippen LogP contribution in [-0.4, -0.2) is 95.9 Å². The van der Waals surface area contributed by atoms with E-state index in [2.05, 4.69) is 179 Å². The molecule has 0 radical (unpaired) electrons. The molecule has 0 aliphatic rings. The second-order valence-corrected chi connectivity index (χ2v) is 27.6. The van der Waals surface area contributed by atoms with E-state index in [1.165, 1.54) is 25.7 Å². The van der Waals surface area contributed by atoms with Gasteiger partial charge in [-0.25, -0.2) is 9.13 Å². The largest absolute Gasteiger partial charge is 0.472 e. The van der Waals surface area contributed by atoms with Crippen molar-refractivity contribution in [3.63, 3.8) is 0 Å². The van der Waals surface area contributed by atoms with E-state index < -0.39 is 91.5 Å². The highest BCUT2D eigenvalue weighted by Crippen LogP contribution is 2.45. The van der Waals surface area contributed by atoms with E-state index in [4.69, 9.17) is 32.3 Å². The molecule has 0 heterocycles. The Balaban J connectivity index is 4.63. The molecule has 16 nitrogen and oxygen atoms in total. The Bertz CT molecular complexity index is 2430. The van der Waals surface area contributed by atoms with Crippen LogP contribution in [0.15, 0.2) is 158 Å². The van der Waals surface area contributed by atoms with Crippen LogP contribution in [0.1, 0.15) is 278 Å². The molecule has 0 amide bonds. The van der Waals surface area contributed by atoms with Crippen molar-refractivity contribution >= 4 is 33.6 Å². The maximum atomic E-state index is 12.9. The minimum Gasteiger partial charge on any atom is -0.463 e. The number of hydrogen-bond acceptors (Lipinski definition) is 14. The molecule has 0 aliphatic carbocycles. The van der Waals surface area contributed by atoms with Crippen molar-refractivity contribution in [2.75, 3.05) is 39.6 Å². The van der Waals surface area contributed by atoms with Gasteiger partial charge in [0.1, 0.15) is 25.4 Å². The van der Waals surface area contributed by atoms with Gasteiger partial charge in [-0.15, -0.1) is 0 Å². The fourth-order valence-corrected chi connectivity index (χ4v) is 11.1. The Morgan fingerprint density at radius 2 is 0.535 bits per heavy atom. The zero-order chi connectivity index (χ0) is 72.3. The molecule has 18 heteroatoms. The number of esters is 3. The van der Waals surface area contributed by atoms with Gasteiger partial charge in [0.15, 0.2) is 6.10 Å². The van der Waals surface area contributed by atoms with Gasteiger partial charge in [-0.2, -0.15) is 0 Å². The normalized spacial score (nSPS) is 14.9. The Labute approximate surface area is 600 Å². The maximum Gasteiger partial charge on any atom is 0.472 e. The van der Waals surface area contributed by atoms with Gasteiger partial charge in [-0.1, -0.05) is 269 Å². The summed E-state index contributed by atoms with van der Waals surface area (Å²) in [5.74, 6) is -1.62. The van der Waals surface area contributed by atoms with E-state index in [9.17, 15) is 43.5 Å². The van der Waals surface area contributed by atoms with Crippen LogP contribution >= 0.6 is 15.6 Å². The highest BCUT2D eigenvalue weighted by Gasteiger charge is 2.29. The predicted octanol–water partition coefficient (Wildman–Crippen LogP) is 21.9. The minimum atomic E-state index is -4.94. The molecule has 0 aromatic rings. The smallest absolute Gasteiger partial charge is 0.463 e. The van der Waals surface area contributed by atoms with E-state index in [0.717, 1.165) is 193 Å². The first-order valence-electron chi connectivity index (χ1n) is 37.8. The monoisotopic (exact) mass is 1420 g/mol. The fourth-order valence-electron chi connectivity index (χ4n) is 9.51. The second kappa shape index (κ2) is 72.9. The van der Waals surface area contributed by atoms with E-state index in [1.54, 1.807) is 0 Å². The van der Waals surface area contributed by atoms with Crippen molar-refractivity contribution < 1.29 is 75.8 Å². The van der Waals surface area contributed by atoms with Gasteiger partial charge in [-0.05, 0) is 148 Å². The molecule has 0 bridgehead atoms. The lowest BCUT2D eigenvalue weighted by Crippen LogP contribution is -2.30. The SMILES string of the molecule is CC/C=C\C/C=C\C/C=C\C/C=C\C/C=C\C/C=C\CCCCCCCCC(=O)OCC(O)COP(=O)(O)OCC(O)COP(=O)(O)OCC(COC(=O)CCCCCCCC/C=C\C/C=C\C/C=C\C/C=C\C/C=C\C/C=C\CC)OC(=O)CCCCCCC/C=C\CCCCCC. The Morgan fingerprint density at radius 3 is 0.859 bits per heavy atom. The van der Waals surface area contributed by atoms with Gasteiger partial charge in [0, 0.05) is 19.3 Å². The van der Waals surface area contributed by atoms with Crippen molar-refractivity contribution in [1.29, 1.82) is 0 Å². The average molecular weight is 1430 g/mol. The number of carbonyl (C=O) groups is 3. The number of allylic oxidation sites excluding steroid dienone is 26. The molecule has 0 saturated carbocycles. The van der Waals surface area contributed by atoms with Crippen molar-refractivity contribution in [3.8, 4) is 0 Å². The lowest BCUT2D eigenvalue weighted by molar-refractivity contribution is -0.161. The van der Waals surface area contributed by atoms with Crippen molar-refractivity contribution in [3.05, 3.63) is 158 Å². The molecule has 0 spiro atoms. The zero-order valence-electron chi connectivity index (χ0n) is 61.4. The Kier molecular flexibility index (Phi) is 69.4. The standard InChI is InChI=1S/C81H134O16P2/c1-4-7-10-13-16-19-22-25-27-29-31-33-35-37-39-41-43-45-47-50-52-55-58-61-64-67-79(84)91-70-76(82)71-93-98(87,88)94-72-77(83)73-95-99(89,90)96-75-78(97-81(86)69-66-63-60-57-54-49-24-21-18-15-12-9-6-3)74-92-80(85)68-65-62-59-56-53-51-48-46-44-42-40-38-36-34-32-30-28-26-23-20-17-14-11-8-5-2/h7-8,10-11,16-17,19-21,24-28,31-34,37-40,43-46,76-78,82-83H,4-6,9,12-15,18,22-23,29-30,35-36,41-42,47-75H2,1-3H3,(H,87,88)(H,89,90)/b10-7-,11-8-,19-16-,20-17-,24-21-,27-25-,28-26-,33-31-,34-32-,39-37-,40-38-,45-43-,46-44-. The van der Waals surface area contributed by atoms with E-state index in [1.807, 2.05) is 0 Å². The summed E-state index contributed by atoms with van der Waals surface area (Å²) in [7, 11) is -9.80. The van der Waals surface area contributed by atoms with E-state index >= 15 is 0 Å². The van der Waals surface area contributed by atoms with Crippen LogP contribution in [0.2, 0.25) is 0 Å². The van der Waals surface area contributed by atoms with Gasteiger partial charge < -0.3 is 34.2 Å². The van der Waals surface area contributed by atoms with Crippen LogP contribution in [-0.2, 0) is 55.8 Å². The Morgan fingerprint density at radius 1 is 0.293 bits per heavy atom.